The molecule has 2 rings (SSSR count). The topological polar surface area (TPSA) is 72.9 Å². The maximum absolute atomic E-state index is 13.0. The molecule has 100 valence electrons. The van der Waals surface area contributed by atoms with Crippen LogP contribution < -0.4 is 11.1 Å². The lowest BCUT2D eigenvalue weighted by Gasteiger charge is -2.10. The summed E-state index contributed by atoms with van der Waals surface area (Å²) in [6.07, 6.45) is 1.44. The highest BCUT2D eigenvalue weighted by molar-refractivity contribution is 6.06. The number of rotatable bonds is 3. The summed E-state index contributed by atoms with van der Waals surface area (Å²) in [5.74, 6) is -0.694. The van der Waals surface area contributed by atoms with Crippen LogP contribution in [0.1, 0.15) is 23.0 Å². The first kappa shape index (κ1) is 13.1. The molecule has 0 radical (unpaired) electrons. The first-order valence-electron chi connectivity index (χ1n) is 5.91. The van der Waals surface area contributed by atoms with Gasteiger partial charge in [0.2, 0.25) is 0 Å². The van der Waals surface area contributed by atoms with Gasteiger partial charge in [-0.3, -0.25) is 9.48 Å². The first-order valence-corrected chi connectivity index (χ1v) is 5.91. The fraction of sp³-hybridized carbons (Fsp3) is 0.231. The van der Waals surface area contributed by atoms with Crippen LogP contribution in [0.5, 0.6) is 0 Å². The lowest BCUT2D eigenvalue weighted by molar-refractivity contribution is 0.101. The Hall–Kier alpha value is -2.37. The number of hydrogen-bond donors (Lipinski definition) is 2. The second kappa shape index (κ2) is 5.09. The highest BCUT2D eigenvalue weighted by atomic mass is 19.1. The number of aryl methyl sites for hydroxylation is 2. The molecule has 0 fully saturated rings. The Morgan fingerprint density at radius 1 is 1.53 bits per heavy atom. The molecular formula is C13H15FN4O. The fourth-order valence-corrected chi connectivity index (χ4v) is 1.84. The van der Waals surface area contributed by atoms with Crippen LogP contribution in [0.3, 0.4) is 0 Å². The Bertz CT molecular complexity index is 621. The van der Waals surface area contributed by atoms with E-state index in [2.05, 4.69) is 10.4 Å². The lowest BCUT2D eigenvalue weighted by Crippen LogP contribution is -2.19. The van der Waals surface area contributed by atoms with E-state index in [9.17, 15) is 9.18 Å². The Morgan fingerprint density at radius 3 is 2.89 bits per heavy atom. The van der Waals surface area contributed by atoms with Gasteiger partial charge in [0.15, 0.2) is 0 Å². The molecule has 0 spiro atoms. The Labute approximate surface area is 110 Å². The molecule has 0 bridgehead atoms. The second-order valence-corrected chi connectivity index (χ2v) is 4.18. The van der Waals surface area contributed by atoms with Gasteiger partial charge in [-0.25, -0.2) is 4.39 Å². The summed E-state index contributed by atoms with van der Waals surface area (Å²) < 4.78 is 14.5. The number of nitrogens with zero attached hydrogens (tertiary/aromatic N) is 2. The van der Waals surface area contributed by atoms with Crippen molar-refractivity contribution in [1.82, 2.24) is 9.78 Å². The predicted octanol–water partition coefficient (Wildman–Crippen LogP) is 2.19. The van der Waals surface area contributed by atoms with E-state index in [0.717, 1.165) is 0 Å². The van der Waals surface area contributed by atoms with Crippen LogP contribution in [0, 0.1) is 12.7 Å². The number of halogens is 1. The van der Waals surface area contributed by atoms with Crippen LogP contribution in [0.2, 0.25) is 0 Å². The van der Waals surface area contributed by atoms with Gasteiger partial charge in [-0.2, -0.15) is 5.10 Å². The van der Waals surface area contributed by atoms with Gasteiger partial charge in [0.1, 0.15) is 11.5 Å². The summed E-state index contributed by atoms with van der Waals surface area (Å²) in [5, 5.41) is 6.71. The highest BCUT2D eigenvalue weighted by Gasteiger charge is 2.16. The summed E-state index contributed by atoms with van der Waals surface area (Å²) in [4.78, 5) is 12.2. The molecule has 6 heteroatoms. The van der Waals surface area contributed by atoms with Crippen LogP contribution in [-0.4, -0.2) is 15.7 Å². The maximum Gasteiger partial charge on any atom is 0.276 e. The number of anilines is 2. The monoisotopic (exact) mass is 262 g/mol. The van der Waals surface area contributed by atoms with Crippen molar-refractivity contribution in [2.75, 3.05) is 11.1 Å². The van der Waals surface area contributed by atoms with Crippen molar-refractivity contribution in [2.24, 2.45) is 0 Å². The van der Waals surface area contributed by atoms with E-state index in [1.54, 1.807) is 6.92 Å². The number of nitrogen functional groups attached to an aromatic ring is 1. The van der Waals surface area contributed by atoms with Crippen molar-refractivity contribution >= 4 is 17.3 Å². The Kier molecular flexibility index (Phi) is 3.50. The summed E-state index contributed by atoms with van der Waals surface area (Å²) in [7, 11) is 0. The Morgan fingerprint density at radius 2 is 2.26 bits per heavy atom. The molecule has 5 nitrogen and oxygen atoms in total. The molecule has 1 heterocycles. The van der Waals surface area contributed by atoms with E-state index in [4.69, 9.17) is 5.73 Å². The predicted molar refractivity (Wildman–Crippen MR) is 71.4 cm³/mol. The summed E-state index contributed by atoms with van der Waals surface area (Å²) in [6, 6.07) is 4.17. The largest absolute Gasteiger partial charge is 0.396 e. The van der Waals surface area contributed by atoms with Crippen molar-refractivity contribution in [2.45, 2.75) is 20.4 Å². The third-order valence-electron chi connectivity index (χ3n) is 2.82. The molecule has 0 aliphatic carbocycles. The SMILES string of the molecule is CCn1ncc(N)c1C(=O)Nc1ccc(F)cc1C. The van der Waals surface area contributed by atoms with Crippen molar-refractivity contribution in [1.29, 1.82) is 0 Å². The van der Waals surface area contributed by atoms with E-state index in [0.29, 0.717) is 29.2 Å². The molecule has 3 N–H and O–H groups in total. The van der Waals surface area contributed by atoms with Crippen LogP contribution in [0.25, 0.3) is 0 Å². The summed E-state index contributed by atoms with van der Waals surface area (Å²) in [5.41, 5.74) is 7.56. The zero-order valence-corrected chi connectivity index (χ0v) is 10.8. The zero-order valence-electron chi connectivity index (χ0n) is 10.8. The highest BCUT2D eigenvalue weighted by Crippen LogP contribution is 2.18. The zero-order chi connectivity index (χ0) is 14.0. The van der Waals surface area contributed by atoms with Crippen LogP contribution in [-0.2, 0) is 6.54 Å². The standard InChI is InChI=1S/C13H15FN4O/c1-3-18-12(10(15)7-16-18)13(19)17-11-5-4-9(14)6-8(11)2/h4-7H,3,15H2,1-2H3,(H,17,19). The molecule has 0 unspecified atom stereocenters. The number of amides is 1. The number of benzene rings is 1. The minimum Gasteiger partial charge on any atom is -0.396 e. The molecule has 2 aromatic rings. The summed E-state index contributed by atoms with van der Waals surface area (Å²) in [6.45, 7) is 4.13. The minimum absolute atomic E-state index is 0.311. The number of nitrogens with two attached hydrogens (primary N) is 1. The maximum atomic E-state index is 13.0. The minimum atomic E-state index is -0.355. The van der Waals surface area contributed by atoms with Crippen LogP contribution in [0.15, 0.2) is 24.4 Å². The number of nitrogens with one attached hydrogen (secondary N) is 1. The second-order valence-electron chi connectivity index (χ2n) is 4.18. The van der Waals surface area contributed by atoms with Crippen molar-refractivity contribution < 1.29 is 9.18 Å². The van der Waals surface area contributed by atoms with E-state index in [1.807, 2.05) is 6.92 Å². The van der Waals surface area contributed by atoms with Crippen molar-refractivity contribution in [3.8, 4) is 0 Å². The molecule has 1 aromatic heterocycles. The molecule has 0 saturated heterocycles. The molecule has 1 amide bonds. The third-order valence-corrected chi connectivity index (χ3v) is 2.82. The molecule has 0 atom stereocenters. The van der Waals surface area contributed by atoms with Gasteiger partial charge in [0, 0.05) is 12.2 Å². The average molecular weight is 262 g/mol. The number of hydrogen-bond acceptors (Lipinski definition) is 3. The molecule has 19 heavy (non-hydrogen) atoms. The molecule has 0 aliphatic heterocycles. The Balaban J connectivity index is 2.28. The average Bonchev–Trinajstić information content (AvgIpc) is 2.74. The fourth-order valence-electron chi connectivity index (χ4n) is 1.84. The smallest absolute Gasteiger partial charge is 0.276 e. The number of carbonyl (C=O) groups excluding carboxylic acids is 1. The number of carbonyl (C=O) groups is 1. The van der Waals surface area contributed by atoms with E-state index < -0.39 is 0 Å². The third kappa shape index (κ3) is 2.57. The molecule has 1 aromatic carbocycles. The van der Waals surface area contributed by atoms with Gasteiger partial charge in [0.05, 0.1) is 11.9 Å². The molecule has 0 aliphatic rings. The quantitative estimate of drug-likeness (QED) is 0.890. The van der Waals surface area contributed by atoms with E-state index in [1.165, 1.54) is 29.1 Å². The van der Waals surface area contributed by atoms with Crippen molar-refractivity contribution in [3.63, 3.8) is 0 Å². The van der Waals surface area contributed by atoms with Gasteiger partial charge in [0.25, 0.3) is 5.91 Å². The lowest BCUT2D eigenvalue weighted by atomic mass is 10.2. The van der Waals surface area contributed by atoms with Gasteiger partial charge in [-0.15, -0.1) is 0 Å². The molecule has 0 saturated carbocycles. The van der Waals surface area contributed by atoms with Crippen molar-refractivity contribution in [3.05, 3.63) is 41.5 Å². The summed E-state index contributed by atoms with van der Waals surface area (Å²) >= 11 is 0. The number of aromatic nitrogens is 2. The van der Waals surface area contributed by atoms with E-state index >= 15 is 0 Å². The van der Waals surface area contributed by atoms with Crippen LogP contribution in [0.4, 0.5) is 15.8 Å². The normalized spacial score (nSPS) is 10.5. The first-order chi connectivity index (χ1) is 9.02. The molecular weight excluding hydrogens is 247 g/mol. The van der Waals surface area contributed by atoms with Gasteiger partial charge in [-0.1, -0.05) is 0 Å². The van der Waals surface area contributed by atoms with Crippen LogP contribution >= 0.6 is 0 Å². The van der Waals surface area contributed by atoms with E-state index in [-0.39, 0.29) is 11.7 Å². The van der Waals surface area contributed by atoms with Gasteiger partial charge < -0.3 is 11.1 Å². The van der Waals surface area contributed by atoms with Gasteiger partial charge >= 0.3 is 0 Å². The van der Waals surface area contributed by atoms with Gasteiger partial charge in [-0.05, 0) is 37.6 Å².